The molecule has 10 heteroatoms. The van der Waals surface area contributed by atoms with Gasteiger partial charge in [0.15, 0.2) is 6.10 Å². The fraction of sp³-hybridized carbons (Fsp3) is 0.880. The molecule has 0 saturated heterocycles. The molecular weight excluding hydrogens is 1170 g/mol. The Hall–Kier alpha value is -2.03. The molecule has 2 unspecified atom stereocenters. The van der Waals surface area contributed by atoms with E-state index in [4.69, 9.17) is 24.3 Å². The maximum atomic E-state index is 12.8. The van der Waals surface area contributed by atoms with Crippen LogP contribution in [0.1, 0.15) is 438 Å². The Morgan fingerprint density at radius 3 is 0.882 bits per heavy atom. The van der Waals surface area contributed by atoms with Crippen molar-refractivity contribution in [2.24, 2.45) is 5.73 Å². The molecule has 9 nitrogen and oxygen atoms in total. The fourth-order valence-corrected chi connectivity index (χ4v) is 13.5. The van der Waals surface area contributed by atoms with Gasteiger partial charge >= 0.3 is 19.8 Å². The van der Waals surface area contributed by atoms with Gasteiger partial charge in [0.05, 0.1) is 13.2 Å². The molecule has 0 aromatic carbocycles. The lowest BCUT2D eigenvalue weighted by atomic mass is 10.0. The Morgan fingerprint density at radius 2 is 0.591 bits per heavy atom. The Morgan fingerprint density at radius 1 is 0.333 bits per heavy atom. The van der Waals surface area contributed by atoms with Crippen LogP contribution in [0.25, 0.3) is 0 Å². The number of hydrogen-bond acceptors (Lipinski definition) is 8. The number of unbranched alkanes of at least 4 members (excludes halogenated alkanes) is 58. The quantitative estimate of drug-likeness (QED) is 0.0264. The van der Waals surface area contributed by atoms with Gasteiger partial charge in [0.25, 0.3) is 0 Å². The summed E-state index contributed by atoms with van der Waals surface area (Å²) in [5.41, 5.74) is 5.42. The summed E-state index contributed by atoms with van der Waals surface area (Å²) >= 11 is 0. The first kappa shape index (κ1) is 91.0. The number of hydrogen-bond donors (Lipinski definition) is 2. The second kappa shape index (κ2) is 79.0. The number of carbonyl (C=O) groups is 2. The molecule has 0 aromatic heterocycles. The molecule has 0 aliphatic carbocycles. The molecule has 0 aliphatic rings. The molecular formula is C83H158NO8P. The zero-order chi connectivity index (χ0) is 67.2. The van der Waals surface area contributed by atoms with Crippen molar-refractivity contribution < 1.29 is 37.6 Å². The Balaban J connectivity index is 3.72. The largest absolute Gasteiger partial charge is 0.472 e. The highest BCUT2D eigenvalue weighted by Gasteiger charge is 2.26. The third-order valence-corrected chi connectivity index (χ3v) is 19.7. The molecule has 0 heterocycles. The van der Waals surface area contributed by atoms with Gasteiger partial charge in [-0.1, -0.05) is 422 Å². The van der Waals surface area contributed by atoms with Crippen molar-refractivity contribution in [2.45, 2.75) is 444 Å². The number of esters is 2. The number of phosphoric ester groups is 1. The highest BCUT2D eigenvalue weighted by atomic mass is 31.2. The number of phosphoric acid groups is 1. The number of rotatable bonds is 79. The third kappa shape index (κ3) is 78.8. The summed E-state index contributed by atoms with van der Waals surface area (Å²) < 4.78 is 33.3. The van der Waals surface area contributed by atoms with Crippen molar-refractivity contribution in [1.82, 2.24) is 0 Å². The van der Waals surface area contributed by atoms with Crippen LogP contribution >= 0.6 is 7.82 Å². The van der Waals surface area contributed by atoms with Crippen LogP contribution in [0.15, 0.2) is 48.6 Å². The molecule has 0 aliphatic heterocycles. The Bertz CT molecular complexity index is 1670. The van der Waals surface area contributed by atoms with Crippen LogP contribution in [0.4, 0.5) is 0 Å². The van der Waals surface area contributed by atoms with Crippen molar-refractivity contribution in [3.8, 4) is 0 Å². The average Bonchev–Trinajstić information content (AvgIpc) is 3.49. The lowest BCUT2D eigenvalue weighted by molar-refractivity contribution is -0.161. The van der Waals surface area contributed by atoms with E-state index in [0.717, 1.165) is 57.8 Å². The summed E-state index contributed by atoms with van der Waals surface area (Å²) in [6.45, 7) is 3.72. The fourth-order valence-electron chi connectivity index (χ4n) is 12.7. The zero-order valence-corrected chi connectivity index (χ0v) is 62.9. The standard InChI is InChI=1S/C83H158NO8P/c1-3-5-7-9-11-13-15-17-19-21-23-25-27-29-31-33-35-36-37-38-39-40-41-42-43-44-46-48-50-52-54-56-58-60-62-64-66-68-70-72-74-76-83(86)92-81(80-91-93(87,88)90-78-77-84)79-89-82(85)75-73-71-69-67-65-63-61-59-57-55-53-51-49-47-45-34-32-30-28-26-24-22-20-18-16-14-12-10-8-6-4-2/h5,7,11,13,17,19,23,25,81H,3-4,6,8-10,12,14-16,18,20-22,24,26-80,84H2,1-2H3,(H,87,88)/b7-5-,13-11-,19-17-,25-23-. The molecule has 0 aromatic rings. The minimum Gasteiger partial charge on any atom is -0.462 e. The predicted octanol–water partition coefficient (Wildman–Crippen LogP) is 27.5. The van der Waals surface area contributed by atoms with Gasteiger partial charge in [-0.2, -0.15) is 0 Å². The smallest absolute Gasteiger partial charge is 0.462 e. The highest BCUT2D eigenvalue weighted by molar-refractivity contribution is 7.47. The van der Waals surface area contributed by atoms with Crippen LogP contribution in [0.2, 0.25) is 0 Å². The maximum absolute atomic E-state index is 12.8. The van der Waals surface area contributed by atoms with E-state index in [-0.39, 0.29) is 38.6 Å². The second-order valence-electron chi connectivity index (χ2n) is 28.0. The van der Waals surface area contributed by atoms with E-state index < -0.39 is 26.5 Å². The lowest BCUT2D eigenvalue weighted by Gasteiger charge is -2.19. The van der Waals surface area contributed by atoms with Gasteiger partial charge in [0.1, 0.15) is 6.61 Å². The molecule has 0 rings (SSSR count). The first-order valence-electron chi connectivity index (χ1n) is 41.1. The molecule has 0 amide bonds. The Kier molecular flexibility index (Phi) is 77.2. The predicted molar refractivity (Wildman–Crippen MR) is 404 cm³/mol. The van der Waals surface area contributed by atoms with Crippen molar-refractivity contribution in [1.29, 1.82) is 0 Å². The Labute approximate surface area is 578 Å². The third-order valence-electron chi connectivity index (χ3n) is 18.7. The SMILES string of the molecule is CC/C=C\C/C=C\C/C=C\C/C=C\CCCCCCCCCCCCCCCCCCCCCCCCCCCCCCC(=O)OC(COC(=O)CCCCCCCCCCCCCCCCCCCCCCCCCCCCCCCCC)COP(=O)(O)OCCN. The van der Waals surface area contributed by atoms with Crippen LogP contribution < -0.4 is 5.73 Å². The highest BCUT2D eigenvalue weighted by Crippen LogP contribution is 2.43. The summed E-state index contributed by atoms with van der Waals surface area (Å²) in [7, 11) is -4.39. The molecule has 0 bridgehead atoms. The average molecular weight is 1330 g/mol. The van der Waals surface area contributed by atoms with Gasteiger partial charge in [-0.3, -0.25) is 18.6 Å². The van der Waals surface area contributed by atoms with E-state index in [0.29, 0.717) is 6.42 Å². The van der Waals surface area contributed by atoms with Crippen LogP contribution in [-0.2, 0) is 32.7 Å². The number of allylic oxidation sites excluding steroid dienone is 8. The van der Waals surface area contributed by atoms with E-state index in [1.807, 2.05) is 0 Å². The minimum absolute atomic E-state index is 0.0570. The summed E-state index contributed by atoms with van der Waals surface area (Å²) in [5, 5.41) is 0. The van der Waals surface area contributed by atoms with E-state index in [2.05, 4.69) is 62.5 Å². The van der Waals surface area contributed by atoms with E-state index in [1.165, 1.54) is 347 Å². The van der Waals surface area contributed by atoms with Gasteiger partial charge in [-0.15, -0.1) is 0 Å². The summed E-state index contributed by atoms with van der Waals surface area (Å²) in [4.78, 5) is 35.5. The summed E-state index contributed by atoms with van der Waals surface area (Å²) in [5.74, 6) is -0.798. The van der Waals surface area contributed by atoms with Crippen molar-refractivity contribution in [2.75, 3.05) is 26.4 Å². The number of ether oxygens (including phenoxy) is 2. The first-order chi connectivity index (χ1) is 45.8. The molecule has 0 saturated carbocycles. The molecule has 93 heavy (non-hydrogen) atoms. The van der Waals surface area contributed by atoms with Crippen LogP contribution in [0.3, 0.4) is 0 Å². The topological polar surface area (TPSA) is 134 Å². The summed E-state index contributed by atoms with van der Waals surface area (Å²) in [6, 6.07) is 0. The van der Waals surface area contributed by atoms with Gasteiger partial charge in [-0.25, -0.2) is 4.57 Å². The zero-order valence-electron chi connectivity index (χ0n) is 62.0. The van der Waals surface area contributed by atoms with Crippen molar-refractivity contribution in [3.63, 3.8) is 0 Å². The van der Waals surface area contributed by atoms with Crippen LogP contribution in [0.5, 0.6) is 0 Å². The number of nitrogens with two attached hydrogens (primary N) is 1. The van der Waals surface area contributed by atoms with Crippen LogP contribution in [0, 0.1) is 0 Å². The first-order valence-corrected chi connectivity index (χ1v) is 42.6. The van der Waals surface area contributed by atoms with Crippen molar-refractivity contribution >= 4 is 19.8 Å². The van der Waals surface area contributed by atoms with E-state index >= 15 is 0 Å². The lowest BCUT2D eigenvalue weighted by Crippen LogP contribution is -2.29. The molecule has 0 fully saturated rings. The van der Waals surface area contributed by atoms with Gasteiger partial charge in [0, 0.05) is 19.4 Å². The molecule has 548 valence electrons. The molecule has 0 radical (unpaired) electrons. The molecule has 2 atom stereocenters. The van der Waals surface area contributed by atoms with E-state index in [1.54, 1.807) is 0 Å². The van der Waals surface area contributed by atoms with Gasteiger partial charge < -0.3 is 20.1 Å². The van der Waals surface area contributed by atoms with Gasteiger partial charge in [0.2, 0.25) is 0 Å². The second-order valence-corrected chi connectivity index (χ2v) is 29.4. The van der Waals surface area contributed by atoms with Crippen molar-refractivity contribution in [3.05, 3.63) is 48.6 Å². The number of carbonyl (C=O) groups excluding carboxylic acids is 2. The molecule has 3 N–H and O–H groups in total. The monoisotopic (exact) mass is 1330 g/mol. The maximum Gasteiger partial charge on any atom is 0.472 e. The normalized spacial score (nSPS) is 13.0. The molecule has 0 spiro atoms. The van der Waals surface area contributed by atoms with E-state index in [9.17, 15) is 19.0 Å². The van der Waals surface area contributed by atoms with Gasteiger partial charge in [-0.05, 0) is 51.4 Å². The van der Waals surface area contributed by atoms with Crippen LogP contribution in [-0.4, -0.2) is 49.3 Å². The summed E-state index contributed by atoms with van der Waals surface area (Å²) in [6.07, 6.45) is 103. The minimum atomic E-state index is -4.39.